The van der Waals surface area contributed by atoms with Crippen LogP contribution in [0.1, 0.15) is 73.1 Å². The Balaban J connectivity index is 2.46. The fourth-order valence-electron chi connectivity index (χ4n) is 3.64. The molecule has 4 atom stereocenters. The number of quaternary nitrogens is 1. The minimum absolute atomic E-state index is 0.0303. The highest BCUT2D eigenvalue weighted by molar-refractivity contribution is 5.80. The molecule has 1 heterocycles. The van der Waals surface area contributed by atoms with E-state index in [1.54, 1.807) is 6.92 Å². The molecule has 1 rings (SSSR count). The summed E-state index contributed by atoms with van der Waals surface area (Å²) in [4.78, 5) is 12.7. The maximum Gasteiger partial charge on any atom is 0.189 e. The van der Waals surface area contributed by atoms with Crippen LogP contribution in [-0.4, -0.2) is 29.7 Å². The largest absolute Gasteiger partial charge is 0.345 e. The summed E-state index contributed by atoms with van der Waals surface area (Å²) >= 11 is 0. The molecular weight excluding hydrogens is 250 g/mol. The highest BCUT2D eigenvalue weighted by atomic mass is 16.3. The molecule has 0 aromatic heterocycles. The van der Waals surface area contributed by atoms with Crippen molar-refractivity contribution in [1.82, 2.24) is 0 Å². The van der Waals surface area contributed by atoms with E-state index < -0.39 is 0 Å². The standard InChI is InChI=1S/C17H33NO2/c1-6-13(2)12-17(4,5)10-9-16(20)18-11-7-8-15(18)14(3)19/h13,15-16,20H,6-12H2,1-5H3/p+1. The second-order valence-corrected chi connectivity index (χ2v) is 7.57. The molecule has 0 bridgehead atoms. The van der Waals surface area contributed by atoms with Gasteiger partial charge in [0.1, 0.15) is 6.04 Å². The van der Waals surface area contributed by atoms with Gasteiger partial charge >= 0.3 is 0 Å². The quantitative estimate of drug-likeness (QED) is 0.717. The summed E-state index contributed by atoms with van der Waals surface area (Å²) in [6, 6.07) is 0.0303. The van der Waals surface area contributed by atoms with Crippen molar-refractivity contribution in [3.8, 4) is 0 Å². The van der Waals surface area contributed by atoms with Crippen LogP contribution < -0.4 is 4.90 Å². The minimum atomic E-state index is -0.373. The van der Waals surface area contributed by atoms with Crippen molar-refractivity contribution >= 4 is 5.78 Å². The van der Waals surface area contributed by atoms with Gasteiger partial charge in [-0.1, -0.05) is 34.1 Å². The monoisotopic (exact) mass is 284 g/mol. The van der Waals surface area contributed by atoms with Crippen LogP contribution in [0.25, 0.3) is 0 Å². The Hall–Kier alpha value is -0.410. The van der Waals surface area contributed by atoms with Crippen LogP contribution in [0, 0.1) is 11.3 Å². The molecular formula is C17H34NO2+. The zero-order chi connectivity index (χ0) is 15.3. The molecule has 0 radical (unpaired) electrons. The van der Waals surface area contributed by atoms with E-state index in [0.29, 0.717) is 0 Å². The molecule has 0 saturated carbocycles. The maximum atomic E-state index is 11.6. The highest BCUT2D eigenvalue weighted by Gasteiger charge is 2.37. The third kappa shape index (κ3) is 5.17. The number of ketones is 1. The Bertz CT molecular complexity index is 314. The zero-order valence-corrected chi connectivity index (χ0v) is 14.0. The van der Waals surface area contributed by atoms with Gasteiger partial charge in [-0.05, 0) is 24.2 Å². The van der Waals surface area contributed by atoms with Gasteiger partial charge in [0.05, 0.1) is 6.54 Å². The second-order valence-electron chi connectivity index (χ2n) is 7.57. The van der Waals surface area contributed by atoms with Gasteiger partial charge in [0.2, 0.25) is 0 Å². The van der Waals surface area contributed by atoms with Crippen LogP contribution >= 0.6 is 0 Å². The average Bonchev–Trinajstić information content (AvgIpc) is 2.84. The minimum Gasteiger partial charge on any atom is -0.345 e. The number of carbonyl (C=O) groups excluding carboxylic acids is 1. The highest BCUT2D eigenvalue weighted by Crippen LogP contribution is 2.31. The van der Waals surface area contributed by atoms with Crippen molar-refractivity contribution < 1.29 is 14.8 Å². The summed E-state index contributed by atoms with van der Waals surface area (Å²) in [5.74, 6) is 0.974. The molecule has 20 heavy (non-hydrogen) atoms. The molecule has 0 amide bonds. The summed E-state index contributed by atoms with van der Waals surface area (Å²) in [6.45, 7) is 11.7. The summed E-state index contributed by atoms with van der Waals surface area (Å²) in [7, 11) is 0. The Morgan fingerprint density at radius 1 is 1.45 bits per heavy atom. The van der Waals surface area contributed by atoms with Crippen molar-refractivity contribution in [2.45, 2.75) is 85.4 Å². The van der Waals surface area contributed by atoms with E-state index >= 15 is 0 Å². The number of hydrogen-bond donors (Lipinski definition) is 2. The lowest BCUT2D eigenvalue weighted by Crippen LogP contribution is -3.18. The first kappa shape index (κ1) is 17.6. The number of rotatable bonds is 8. The van der Waals surface area contributed by atoms with Gasteiger partial charge in [-0.2, -0.15) is 0 Å². The van der Waals surface area contributed by atoms with Crippen LogP contribution in [-0.2, 0) is 4.79 Å². The summed E-state index contributed by atoms with van der Waals surface area (Å²) in [5, 5.41) is 10.4. The Morgan fingerprint density at radius 2 is 2.10 bits per heavy atom. The number of aliphatic hydroxyl groups is 1. The average molecular weight is 284 g/mol. The predicted molar refractivity (Wildman–Crippen MR) is 82.6 cm³/mol. The first-order valence-corrected chi connectivity index (χ1v) is 8.31. The number of aliphatic hydroxyl groups excluding tert-OH is 1. The number of nitrogens with one attached hydrogen (secondary N) is 1. The molecule has 1 saturated heterocycles. The lowest BCUT2D eigenvalue weighted by atomic mass is 9.79. The van der Waals surface area contributed by atoms with Crippen molar-refractivity contribution in [3.63, 3.8) is 0 Å². The number of hydrogen-bond acceptors (Lipinski definition) is 2. The van der Waals surface area contributed by atoms with E-state index in [2.05, 4.69) is 27.7 Å². The van der Waals surface area contributed by atoms with Crippen molar-refractivity contribution in [1.29, 1.82) is 0 Å². The molecule has 118 valence electrons. The molecule has 1 fully saturated rings. The first-order chi connectivity index (χ1) is 9.26. The molecule has 0 aromatic carbocycles. The Kier molecular flexibility index (Phi) is 6.67. The third-order valence-electron chi connectivity index (χ3n) is 5.02. The number of likely N-dealkylation sites (tertiary alicyclic amines) is 1. The van der Waals surface area contributed by atoms with E-state index in [-0.39, 0.29) is 23.5 Å². The van der Waals surface area contributed by atoms with Crippen molar-refractivity contribution in [3.05, 3.63) is 0 Å². The van der Waals surface area contributed by atoms with Crippen LogP contribution in [0.4, 0.5) is 0 Å². The maximum absolute atomic E-state index is 11.6. The summed E-state index contributed by atoms with van der Waals surface area (Å²) in [5.41, 5.74) is 0.279. The molecule has 1 aliphatic heterocycles. The van der Waals surface area contributed by atoms with Gasteiger partial charge in [0.15, 0.2) is 12.0 Å². The predicted octanol–water partition coefficient (Wildman–Crippen LogP) is 2.18. The number of carbonyl (C=O) groups is 1. The van der Waals surface area contributed by atoms with E-state index in [0.717, 1.165) is 43.0 Å². The Labute approximate surface area is 124 Å². The van der Waals surface area contributed by atoms with Crippen LogP contribution in [0.3, 0.4) is 0 Å². The smallest absolute Gasteiger partial charge is 0.189 e. The van der Waals surface area contributed by atoms with E-state index in [4.69, 9.17) is 0 Å². The summed E-state index contributed by atoms with van der Waals surface area (Å²) < 4.78 is 0. The van der Waals surface area contributed by atoms with E-state index in [1.807, 2.05) is 0 Å². The van der Waals surface area contributed by atoms with Gasteiger partial charge in [-0.25, -0.2) is 0 Å². The lowest BCUT2D eigenvalue weighted by molar-refractivity contribution is -0.950. The fraction of sp³-hybridized carbons (Fsp3) is 0.941. The molecule has 0 aliphatic carbocycles. The van der Waals surface area contributed by atoms with E-state index in [1.165, 1.54) is 12.8 Å². The Morgan fingerprint density at radius 3 is 2.65 bits per heavy atom. The normalized spacial score (nSPS) is 26.5. The zero-order valence-electron chi connectivity index (χ0n) is 14.0. The lowest BCUT2D eigenvalue weighted by Gasteiger charge is -2.31. The van der Waals surface area contributed by atoms with Crippen LogP contribution in [0.2, 0.25) is 0 Å². The van der Waals surface area contributed by atoms with Crippen LogP contribution in [0.15, 0.2) is 0 Å². The van der Waals surface area contributed by atoms with Gasteiger partial charge < -0.3 is 10.0 Å². The molecule has 3 nitrogen and oxygen atoms in total. The van der Waals surface area contributed by atoms with E-state index in [9.17, 15) is 9.90 Å². The van der Waals surface area contributed by atoms with Gasteiger partial charge in [-0.15, -0.1) is 0 Å². The van der Waals surface area contributed by atoms with Crippen molar-refractivity contribution in [2.75, 3.05) is 6.54 Å². The third-order valence-corrected chi connectivity index (χ3v) is 5.02. The first-order valence-electron chi connectivity index (χ1n) is 8.31. The van der Waals surface area contributed by atoms with Crippen molar-refractivity contribution in [2.24, 2.45) is 11.3 Å². The van der Waals surface area contributed by atoms with Gasteiger partial charge in [-0.3, -0.25) is 4.79 Å². The SMILES string of the molecule is CCC(C)CC(C)(C)CCC(O)[NH+]1CCCC1C(C)=O. The van der Waals surface area contributed by atoms with Gasteiger partial charge in [0.25, 0.3) is 0 Å². The molecule has 0 aromatic rings. The fourth-order valence-corrected chi connectivity index (χ4v) is 3.64. The topological polar surface area (TPSA) is 41.7 Å². The molecule has 1 aliphatic rings. The molecule has 3 heteroatoms. The second kappa shape index (κ2) is 7.56. The molecule has 0 spiro atoms. The number of Topliss-reactive ketones (excluding diaryl/α,β-unsaturated/α-hetero) is 1. The molecule has 4 unspecified atom stereocenters. The van der Waals surface area contributed by atoms with Gasteiger partial charge in [0, 0.05) is 26.2 Å². The molecule has 2 N–H and O–H groups in total. The summed E-state index contributed by atoms with van der Waals surface area (Å²) in [6.07, 6.45) is 5.90. The van der Waals surface area contributed by atoms with Crippen LogP contribution in [0.5, 0.6) is 0 Å².